The van der Waals surface area contributed by atoms with Crippen molar-refractivity contribution < 1.29 is 33.0 Å². The number of pyridine rings is 1. The first-order chi connectivity index (χ1) is 22.3. The zero-order chi connectivity index (χ0) is 34.0. The summed E-state index contributed by atoms with van der Waals surface area (Å²) >= 11 is 0. The fraction of sp³-hybridized carbons (Fsp3) is 0.394. The molecule has 4 aromatic rings. The predicted molar refractivity (Wildman–Crippen MR) is 175 cm³/mol. The molecule has 0 saturated carbocycles. The van der Waals surface area contributed by atoms with E-state index in [-0.39, 0.29) is 40.6 Å². The Morgan fingerprint density at radius 3 is 2.38 bits per heavy atom. The van der Waals surface area contributed by atoms with Crippen LogP contribution in [0.1, 0.15) is 40.2 Å². The quantitative estimate of drug-likeness (QED) is 0.202. The minimum atomic E-state index is -1.36. The Morgan fingerprint density at radius 1 is 1.11 bits per heavy atom. The molecule has 2 aromatic heterocycles. The summed E-state index contributed by atoms with van der Waals surface area (Å²) in [6, 6.07) is 8.99. The summed E-state index contributed by atoms with van der Waals surface area (Å²) in [7, 11) is 1.53. The number of ether oxygens (including phenoxy) is 2. The van der Waals surface area contributed by atoms with Gasteiger partial charge in [0, 0.05) is 55.9 Å². The van der Waals surface area contributed by atoms with E-state index in [1.807, 2.05) is 12.1 Å². The largest absolute Gasteiger partial charge is 0.494 e. The van der Waals surface area contributed by atoms with Crippen LogP contribution in [-0.4, -0.2) is 81.9 Å². The van der Waals surface area contributed by atoms with Crippen LogP contribution in [0.15, 0.2) is 42.6 Å². The number of fused-ring (bicyclic) bond motifs is 1. The van der Waals surface area contributed by atoms with Gasteiger partial charge in [-0.05, 0) is 70.5 Å². The van der Waals surface area contributed by atoms with Crippen LogP contribution < -0.4 is 20.3 Å². The van der Waals surface area contributed by atoms with Crippen LogP contribution in [0.25, 0.3) is 22.2 Å². The minimum absolute atomic E-state index is 0.0686. The standard InChI is InChI=1S/C33H39F2N7O5/c1-19(2)41(32(45)47-33(3,4)5)18-20-13-23(34)29(24(35)14-20)26-16-22-27(17-37-26)42(31(43)44)39-30(22)38-25-8-7-21(15-28(25)46-6)40-11-9-36-10-12-40/h7-8,13-17,19,36H,9-12,18H2,1-6H3,(H,38,39)(H,43,44). The van der Waals surface area contributed by atoms with Gasteiger partial charge >= 0.3 is 12.2 Å². The van der Waals surface area contributed by atoms with Gasteiger partial charge in [-0.15, -0.1) is 5.10 Å². The lowest BCUT2D eigenvalue weighted by molar-refractivity contribution is 0.0171. The van der Waals surface area contributed by atoms with Gasteiger partial charge in [0.25, 0.3) is 0 Å². The molecule has 0 unspecified atom stereocenters. The van der Waals surface area contributed by atoms with Crippen LogP contribution in [0.3, 0.4) is 0 Å². The van der Waals surface area contributed by atoms with Crippen molar-refractivity contribution in [1.29, 1.82) is 0 Å². The third kappa shape index (κ3) is 7.38. The molecule has 250 valence electrons. The smallest absolute Gasteiger partial charge is 0.432 e. The lowest BCUT2D eigenvalue weighted by Gasteiger charge is -2.30. The normalized spacial score (nSPS) is 13.6. The molecule has 2 aromatic carbocycles. The zero-order valence-electron chi connectivity index (χ0n) is 27.2. The van der Waals surface area contributed by atoms with Crippen LogP contribution in [0.4, 0.5) is 35.6 Å². The number of benzene rings is 2. The summed E-state index contributed by atoms with van der Waals surface area (Å²) < 4.78 is 43.1. The summed E-state index contributed by atoms with van der Waals surface area (Å²) in [5.74, 6) is -1.17. The molecule has 12 nitrogen and oxygen atoms in total. The molecule has 1 amide bonds. The number of carboxylic acid groups (broad SMARTS) is 1. The molecule has 1 aliphatic rings. The van der Waals surface area contributed by atoms with Gasteiger partial charge in [-0.2, -0.15) is 4.68 Å². The van der Waals surface area contributed by atoms with Gasteiger partial charge in [0.2, 0.25) is 0 Å². The zero-order valence-corrected chi connectivity index (χ0v) is 27.2. The van der Waals surface area contributed by atoms with E-state index in [1.165, 1.54) is 24.3 Å². The molecule has 0 radical (unpaired) electrons. The van der Waals surface area contributed by atoms with E-state index in [9.17, 15) is 14.7 Å². The van der Waals surface area contributed by atoms with Gasteiger partial charge in [0.1, 0.15) is 28.5 Å². The maximum Gasteiger partial charge on any atom is 0.432 e. The van der Waals surface area contributed by atoms with Gasteiger partial charge < -0.3 is 35.0 Å². The van der Waals surface area contributed by atoms with Crippen molar-refractivity contribution in [3.05, 3.63) is 59.8 Å². The molecule has 3 heterocycles. The first-order valence-electron chi connectivity index (χ1n) is 15.3. The number of piperazine rings is 1. The number of hydrogen-bond donors (Lipinski definition) is 3. The van der Waals surface area contributed by atoms with E-state index < -0.39 is 35.0 Å². The van der Waals surface area contributed by atoms with Crippen LogP contribution in [0.5, 0.6) is 5.75 Å². The number of halogens is 2. The molecular weight excluding hydrogens is 612 g/mol. The van der Waals surface area contributed by atoms with Crippen molar-refractivity contribution >= 4 is 40.3 Å². The maximum absolute atomic E-state index is 15.6. The number of carbonyl (C=O) groups is 2. The third-order valence-electron chi connectivity index (χ3n) is 7.63. The summed E-state index contributed by atoms with van der Waals surface area (Å²) in [5, 5.41) is 20.7. The molecule has 1 saturated heterocycles. The first kappa shape index (κ1) is 33.4. The third-order valence-corrected chi connectivity index (χ3v) is 7.63. The second kappa shape index (κ2) is 13.4. The molecule has 14 heteroatoms. The first-order valence-corrected chi connectivity index (χ1v) is 15.3. The van der Waals surface area contributed by atoms with Crippen molar-refractivity contribution in [3.63, 3.8) is 0 Å². The van der Waals surface area contributed by atoms with Gasteiger partial charge in [-0.1, -0.05) is 0 Å². The van der Waals surface area contributed by atoms with E-state index >= 15 is 8.78 Å². The van der Waals surface area contributed by atoms with Gasteiger partial charge in [-0.3, -0.25) is 4.98 Å². The Labute approximate surface area is 271 Å². The lowest BCUT2D eigenvalue weighted by atomic mass is 10.0. The second-order valence-corrected chi connectivity index (χ2v) is 12.5. The van der Waals surface area contributed by atoms with E-state index in [0.29, 0.717) is 11.4 Å². The molecule has 0 atom stereocenters. The van der Waals surface area contributed by atoms with Crippen molar-refractivity contribution in [3.8, 4) is 17.0 Å². The highest BCUT2D eigenvalue weighted by molar-refractivity contribution is 5.98. The Balaban J connectivity index is 1.49. The van der Waals surface area contributed by atoms with E-state index in [2.05, 4.69) is 25.6 Å². The van der Waals surface area contributed by atoms with Crippen LogP contribution in [-0.2, 0) is 11.3 Å². The van der Waals surface area contributed by atoms with Crippen LogP contribution in [0.2, 0.25) is 0 Å². The maximum atomic E-state index is 15.6. The topological polar surface area (TPSA) is 134 Å². The van der Waals surface area contributed by atoms with Gasteiger partial charge in [-0.25, -0.2) is 18.4 Å². The number of nitrogens with one attached hydrogen (secondary N) is 2. The van der Waals surface area contributed by atoms with Crippen LogP contribution >= 0.6 is 0 Å². The number of carbonyl (C=O) groups excluding carboxylic acids is 1. The van der Waals surface area contributed by atoms with E-state index in [1.54, 1.807) is 40.7 Å². The highest BCUT2D eigenvalue weighted by Crippen LogP contribution is 2.36. The fourth-order valence-corrected chi connectivity index (χ4v) is 5.36. The molecule has 47 heavy (non-hydrogen) atoms. The molecule has 1 aliphatic heterocycles. The number of aromatic nitrogens is 3. The van der Waals surface area contributed by atoms with Gasteiger partial charge in [0.15, 0.2) is 5.82 Å². The summed E-state index contributed by atoms with van der Waals surface area (Å²) in [4.78, 5) is 32.6. The van der Waals surface area contributed by atoms with Gasteiger partial charge in [0.05, 0.1) is 30.3 Å². The molecule has 0 spiro atoms. The van der Waals surface area contributed by atoms with Crippen molar-refractivity contribution in [2.24, 2.45) is 0 Å². The number of anilines is 3. The molecule has 3 N–H and O–H groups in total. The number of amides is 1. The number of nitrogens with zero attached hydrogens (tertiary/aromatic N) is 5. The molecule has 0 bridgehead atoms. The van der Waals surface area contributed by atoms with Crippen molar-refractivity contribution in [2.75, 3.05) is 43.5 Å². The number of methoxy groups -OCH3 is 1. The summed E-state index contributed by atoms with van der Waals surface area (Å²) in [5.41, 5.74) is 0.610. The summed E-state index contributed by atoms with van der Waals surface area (Å²) in [6.07, 6.45) is -0.757. The summed E-state index contributed by atoms with van der Waals surface area (Å²) in [6.45, 7) is 12.1. The van der Waals surface area contributed by atoms with Crippen molar-refractivity contribution in [2.45, 2.75) is 52.8 Å². The SMILES string of the molecule is COc1cc(N2CCNCC2)ccc1Nc1nn(C(=O)O)c2cnc(-c3c(F)cc(CN(C(=O)OC(C)(C)C)C(C)C)cc3F)cc12. The molecule has 0 aliphatic carbocycles. The average molecular weight is 652 g/mol. The monoisotopic (exact) mass is 651 g/mol. The predicted octanol–water partition coefficient (Wildman–Crippen LogP) is 6.21. The molecule has 5 rings (SSSR count). The van der Waals surface area contributed by atoms with E-state index in [0.717, 1.165) is 48.7 Å². The highest BCUT2D eigenvalue weighted by Gasteiger charge is 2.26. The van der Waals surface area contributed by atoms with Crippen molar-refractivity contribution in [1.82, 2.24) is 25.0 Å². The number of hydrogen-bond acceptors (Lipinski definition) is 9. The number of rotatable bonds is 8. The Kier molecular flexibility index (Phi) is 9.52. The molecular formula is C33H39F2N7O5. The highest BCUT2D eigenvalue weighted by atomic mass is 19.1. The Bertz CT molecular complexity index is 1780. The fourth-order valence-electron chi connectivity index (χ4n) is 5.36. The Hall–Kier alpha value is -4.98. The second-order valence-electron chi connectivity index (χ2n) is 12.5. The lowest BCUT2D eigenvalue weighted by Crippen LogP contribution is -2.43. The average Bonchev–Trinajstić information content (AvgIpc) is 3.37. The van der Waals surface area contributed by atoms with E-state index in [4.69, 9.17) is 9.47 Å². The van der Waals surface area contributed by atoms with Crippen LogP contribution in [0, 0.1) is 11.6 Å². The minimum Gasteiger partial charge on any atom is -0.494 e. The Morgan fingerprint density at radius 2 is 1.79 bits per heavy atom. The molecule has 1 fully saturated rings.